The van der Waals surface area contributed by atoms with E-state index in [2.05, 4.69) is 30.4 Å². The SMILES string of the molecule is N#Cc1cccc2c1c1ncnc(N3CCN(CCc4ccc(F)c(F)c4)CC3)c1n2Cc1ccncc1. The predicted molar refractivity (Wildman–Crippen MR) is 142 cm³/mol. The summed E-state index contributed by atoms with van der Waals surface area (Å²) in [5, 5.41) is 10.7. The summed E-state index contributed by atoms with van der Waals surface area (Å²) < 4.78 is 29.0. The van der Waals surface area contributed by atoms with E-state index in [1.165, 1.54) is 12.1 Å². The third-order valence-corrected chi connectivity index (χ3v) is 7.23. The van der Waals surface area contributed by atoms with Gasteiger partial charge < -0.3 is 9.47 Å². The zero-order valence-electron chi connectivity index (χ0n) is 20.7. The van der Waals surface area contributed by atoms with Crippen LogP contribution in [0.3, 0.4) is 0 Å². The van der Waals surface area contributed by atoms with Crippen molar-refractivity contribution in [2.45, 2.75) is 13.0 Å². The quantitative estimate of drug-likeness (QED) is 0.335. The van der Waals surface area contributed by atoms with Gasteiger partial charge in [0.05, 0.1) is 17.1 Å². The van der Waals surface area contributed by atoms with E-state index in [-0.39, 0.29) is 0 Å². The van der Waals surface area contributed by atoms with Gasteiger partial charge in [-0.2, -0.15) is 5.26 Å². The molecular weight excluding hydrogens is 484 g/mol. The molecule has 0 amide bonds. The molecule has 9 heteroatoms. The van der Waals surface area contributed by atoms with Crippen LogP contribution < -0.4 is 4.90 Å². The fraction of sp³-hybridized carbons (Fsp3) is 0.241. The van der Waals surface area contributed by atoms with Crippen molar-refractivity contribution in [3.8, 4) is 6.07 Å². The highest BCUT2D eigenvalue weighted by molar-refractivity contribution is 6.11. The van der Waals surface area contributed by atoms with E-state index in [0.29, 0.717) is 18.5 Å². The lowest BCUT2D eigenvalue weighted by molar-refractivity contribution is 0.260. The number of nitrogens with zero attached hydrogens (tertiary/aromatic N) is 7. The highest BCUT2D eigenvalue weighted by Gasteiger charge is 2.24. The molecule has 0 atom stereocenters. The van der Waals surface area contributed by atoms with Gasteiger partial charge in [0.15, 0.2) is 17.5 Å². The number of hydrogen-bond donors (Lipinski definition) is 0. The molecule has 7 nitrogen and oxygen atoms in total. The molecule has 0 aliphatic carbocycles. The largest absolute Gasteiger partial charge is 0.352 e. The van der Waals surface area contributed by atoms with Crippen LogP contribution in [0.15, 0.2) is 67.3 Å². The van der Waals surface area contributed by atoms with E-state index in [0.717, 1.165) is 71.6 Å². The Bertz CT molecular complexity index is 1650. The van der Waals surface area contributed by atoms with Gasteiger partial charge in [0, 0.05) is 57.0 Å². The summed E-state index contributed by atoms with van der Waals surface area (Å²) in [7, 11) is 0. The van der Waals surface area contributed by atoms with E-state index in [9.17, 15) is 14.0 Å². The molecule has 0 saturated carbocycles. The molecule has 1 fully saturated rings. The summed E-state index contributed by atoms with van der Waals surface area (Å²) in [6.07, 6.45) is 5.80. The van der Waals surface area contributed by atoms with Gasteiger partial charge >= 0.3 is 0 Å². The molecule has 4 heterocycles. The van der Waals surface area contributed by atoms with Crippen LogP contribution >= 0.6 is 0 Å². The molecule has 6 rings (SSSR count). The summed E-state index contributed by atoms with van der Waals surface area (Å²) in [5.41, 5.74) is 5.11. The van der Waals surface area contributed by atoms with Gasteiger partial charge in [0.25, 0.3) is 0 Å². The maximum Gasteiger partial charge on any atom is 0.159 e. The monoisotopic (exact) mass is 509 g/mol. The van der Waals surface area contributed by atoms with Gasteiger partial charge in [-0.25, -0.2) is 18.7 Å². The lowest BCUT2D eigenvalue weighted by atomic mass is 10.1. The second-order valence-corrected chi connectivity index (χ2v) is 9.47. The number of aromatic nitrogens is 4. The van der Waals surface area contributed by atoms with Crippen LogP contribution in [0.5, 0.6) is 0 Å². The first-order valence-corrected chi connectivity index (χ1v) is 12.6. The number of piperazine rings is 1. The standard InChI is InChI=1S/C29H25F2N7/c30-23-5-4-20(16-24(23)31)8-11-36-12-14-37(15-13-36)29-28-27(34-19-35-29)26-22(17-32)2-1-3-25(26)38(28)18-21-6-9-33-10-7-21/h1-7,9-10,16,19H,8,11-15,18H2. The number of hydrogen-bond acceptors (Lipinski definition) is 6. The minimum atomic E-state index is -0.818. The van der Waals surface area contributed by atoms with Crippen LogP contribution in [0.1, 0.15) is 16.7 Å². The maximum atomic E-state index is 13.6. The molecule has 190 valence electrons. The molecule has 0 unspecified atom stereocenters. The molecule has 0 spiro atoms. The lowest BCUT2D eigenvalue weighted by Gasteiger charge is -2.35. The maximum absolute atomic E-state index is 13.6. The molecule has 1 saturated heterocycles. The van der Waals surface area contributed by atoms with Gasteiger partial charge in [0.1, 0.15) is 17.4 Å². The number of pyridine rings is 1. The summed E-state index contributed by atoms with van der Waals surface area (Å²) in [5.74, 6) is -0.770. The summed E-state index contributed by atoms with van der Waals surface area (Å²) >= 11 is 0. The van der Waals surface area contributed by atoms with Crippen LogP contribution in [0.4, 0.5) is 14.6 Å². The van der Waals surface area contributed by atoms with Crippen LogP contribution in [0, 0.1) is 23.0 Å². The molecule has 38 heavy (non-hydrogen) atoms. The molecule has 0 N–H and O–H groups in total. The van der Waals surface area contributed by atoms with E-state index in [1.54, 1.807) is 24.8 Å². The molecule has 2 aromatic carbocycles. The Morgan fingerprint density at radius 3 is 2.47 bits per heavy atom. The lowest BCUT2D eigenvalue weighted by Crippen LogP contribution is -2.47. The summed E-state index contributed by atoms with van der Waals surface area (Å²) in [6, 6.07) is 16.2. The zero-order valence-corrected chi connectivity index (χ0v) is 20.7. The van der Waals surface area contributed by atoms with E-state index < -0.39 is 11.6 Å². The van der Waals surface area contributed by atoms with Crippen molar-refractivity contribution in [3.63, 3.8) is 0 Å². The van der Waals surface area contributed by atoms with Crippen LogP contribution in [0.2, 0.25) is 0 Å². The highest BCUT2D eigenvalue weighted by Crippen LogP contribution is 2.35. The Balaban J connectivity index is 1.30. The predicted octanol–water partition coefficient (Wildman–Crippen LogP) is 4.54. The van der Waals surface area contributed by atoms with Crippen molar-refractivity contribution in [2.75, 3.05) is 37.6 Å². The minimum absolute atomic E-state index is 0.590. The number of anilines is 1. The van der Waals surface area contributed by atoms with Crippen molar-refractivity contribution in [1.82, 2.24) is 24.4 Å². The Morgan fingerprint density at radius 2 is 1.71 bits per heavy atom. The van der Waals surface area contributed by atoms with E-state index in [4.69, 9.17) is 4.98 Å². The van der Waals surface area contributed by atoms with Gasteiger partial charge in [-0.3, -0.25) is 9.88 Å². The molecule has 0 bridgehead atoms. The van der Waals surface area contributed by atoms with Crippen molar-refractivity contribution in [3.05, 3.63) is 95.6 Å². The summed E-state index contributed by atoms with van der Waals surface area (Å²) in [4.78, 5) is 18.1. The van der Waals surface area contributed by atoms with Crippen molar-refractivity contribution in [1.29, 1.82) is 5.26 Å². The molecule has 1 aliphatic heterocycles. The van der Waals surface area contributed by atoms with Crippen LogP contribution in [-0.2, 0) is 13.0 Å². The van der Waals surface area contributed by atoms with Gasteiger partial charge in [-0.05, 0) is 53.9 Å². The van der Waals surface area contributed by atoms with Crippen LogP contribution in [0.25, 0.3) is 21.9 Å². The average molecular weight is 510 g/mol. The normalized spacial score (nSPS) is 14.3. The third kappa shape index (κ3) is 4.44. The number of nitriles is 1. The topological polar surface area (TPSA) is 73.9 Å². The van der Waals surface area contributed by atoms with Gasteiger partial charge in [0.2, 0.25) is 0 Å². The average Bonchev–Trinajstić information content (AvgIpc) is 3.28. The Labute approximate surface area is 218 Å². The van der Waals surface area contributed by atoms with E-state index >= 15 is 0 Å². The first kappa shape index (κ1) is 23.9. The smallest absolute Gasteiger partial charge is 0.159 e. The Kier molecular flexibility index (Phi) is 6.40. The first-order valence-electron chi connectivity index (χ1n) is 12.6. The van der Waals surface area contributed by atoms with Crippen LogP contribution in [-0.4, -0.2) is 57.1 Å². The van der Waals surface area contributed by atoms with Crippen molar-refractivity contribution in [2.24, 2.45) is 0 Å². The fourth-order valence-electron chi connectivity index (χ4n) is 5.26. The molecule has 0 radical (unpaired) electrons. The second kappa shape index (κ2) is 10.1. The van der Waals surface area contributed by atoms with Crippen molar-refractivity contribution < 1.29 is 8.78 Å². The second-order valence-electron chi connectivity index (χ2n) is 9.47. The molecular formula is C29H25F2N7. The Morgan fingerprint density at radius 1 is 0.895 bits per heavy atom. The number of benzene rings is 2. The molecule has 1 aliphatic rings. The Hall–Kier alpha value is -4.42. The van der Waals surface area contributed by atoms with Gasteiger partial charge in [-0.15, -0.1) is 0 Å². The van der Waals surface area contributed by atoms with Gasteiger partial charge in [-0.1, -0.05) is 12.1 Å². The fourth-order valence-corrected chi connectivity index (χ4v) is 5.26. The summed E-state index contributed by atoms with van der Waals surface area (Å²) in [6.45, 7) is 4.56. The molecule has 5 aromatic rings. The van der Waals surface area contributed by atoms with E-state index in [1.807, 2.05) is 30.3 Å². The third-order valence-electron chi connectivity index (χ3n) is 7.23. The molecule has 3 aromatic heterocycles. The zero-order chi connectivity index (χ0) is 26.1. The number of rotatable bonds is 6. The first-order chi connectivity index (χ1) is 18.6. The van der Waals surface area contributed by atoms with Crippen molar-refractivity contribution >= 4 is 27.8 Å². The minimum Gasteiger partial charge on any atom is -0.352 e. The highest BCUT2D eigenvalue weighted by atomic mass is 19.2. The number of halogens is 2. The number of fused-ring (bicyclic) bond motifs is 3.